The SMILES string of the molecule is COc1cc(F)c(-c2ccc(C#N)cc2)cc1CN[C@H]1CCN(C(=O)CNC(C)=O)C[C@H]1c1ccccc1. The van der Waals surface area contributed by atoms with Crippen LogP contribution in [0.2, 0.25) is 0 Å². The summed E-state index contributed by atoms with van der Waals surface area (Å²) in [6, 6.07) is 22.2. The Labute approximate surface area is 222 Å². The average molecular weight is 515 g/mol. The van der Waals surface area contributed by atoms with Crippen molar-refractivity contribution in [2.24, 2.45) is 0 Å². The van der Waals surface area contributed by atoms with Crippen molar-refractivity contribution in [3.8, 4) is 22.9 Å². The summed E-state index contributed by atoms with van der Waals surface area (Å²) >= 11 is 0. The van der Waals surface area contributed by atoms with Gasteiger partial charge in [0.05, 0.1) is 25.3 Å². The number of rotatable bonds is 8. The summed E-state index contributed by atoms with van der Waals surface area (Å²) in [4.78, 5) is 25.8. The van der Waals surface area contributed by atoms with E-state index in [1.165, 1.54) is 20.1 Å². The van der Waals surface area contributed by atoms with E-state index in [9.17, 15) is 14.0 Å². The van der Waals surface area contributed by atoms with Crippen LogP contribution in [-0.2, 0) is 16.1 Å². The molecule has 1 aliphatic heterocycles. The summed E-state index contributed by atoms with van der Waals surface area (Å²) in [5, 5.41) is 15.3. The minimum Gasteiger partial charge on any atom is -0.496 e. The zero-order valence-corrected chi connectivity index (χ0v) is 21.5. The van der Waals surface area contributed by atoms with Gasteiger partial charge in [-0.25, -0.2) is 4.39 Å². The van der Waals surface area contributed by atoms with Gasteiger partial charge in [0.1, 0.15) is 11.6 Å². The van der Waals surface area contributed by atoms with Crippen molar-refractivity contribution in [2.45, 2.75) is 31.8 Å². The molecule has 2 amide bonds. The number of amides is 2. The highest BCUT2D eigenvalue weighted by Gasteiger charge is 2.32. The van der Waals surface area contributed by atoms with Crippen LogP contribution < -0.4 is 15.4 Å². The Bertz CT molecular complexity index is 1320. The molecule has 3 aromatic rings. The number of hydrogen-bond donors (Lipinski definition) is 2. The maximum atomic E-state index is 15.0. The van der Waals surface area contributed by atoms with Crippen LogP contribution >= 0.6 is 0 Å². The van der Waals surface area contributed by atoms with E-state index in [1.54, 1.807) is 35.2 Å². The molecule has 0 bridgehead atoms. The third kappa shape index (κ3) is 6.36. The number of carbonyl (C=O) groups is 2. The van der Waals surface area contributed by atoms with E-state index >= 15 is 0 Å². The van der Waals surface area contributed by atoms with Crippen LogP contribution in [0.5, 0.6) is 5.75 Å². The van der Waals surface area contributed by atoms with Crippen molar-refractivity contribution < 1.29 is 18.7 Å². The fraction of sp³-hybridized carbons (Fsp3) is 0.300. The fourth-order valence-electron chi connectivity index (χ4n) is 4.89. The maximum Gasteiger partial charge on any atom is 0.241 e. The van der Waals surface area contributed by atoms with Gasteiger partial charge in [-0.15, -0.1) is 0 Å². The Hall–Kier alpha value is -4.22. The molecule has 196 valence electrons. The Kier molecular flexibility index (Phi) is 8.72. The lowest BCUT2D eigenvalue weighted by Crippen LogP contribution is -2.51. The lowest BCUT2D eigenvalue weighted by molar-refractivity contribution is -0.133. The van der Waals surface area contributed by atoms with Gasteiger partial charge in [0.25, 0.3) is 0 Å². The molecule has 0 radical (unpaired) electrons. The molecule has 3 aromatic carbocycles. The van der Waals surface area contributed by atoms with Gasteiger partial charge >= 0.3 is 0 Å². The van der Waals surface area contributed by atoms with Crippen LogP contribution in [0.25, 0.3) is 11.1 Å². The molecule has 2 N–H and O–H groups in total. The van der Waals surface area contributed by atoms with Crippen molar-refractivity contribution >= 4 is 11.8 Å². The number of nitrogens with zero attached hydrogens (tertiary/aromatic N) is 2. The van der Waals surface area contributed by atoms with Gasteiger partial charge in [-0.3, -0.25) is 9.59 Å². The summed E-state index contributed by atoms with van der Waals surface area (Å²) in [5.41, 5.74) is 3.55. The number of hydrogen-bond acceptors (Lipinski definition) is 5. The van der Waals surface area contributed by atoms with Crippen LogP contribution in [0.15, 0.2) is 66.7 Å². The summed E-state index contributed by atoms with van der Waals surface area (Å²) in [6.07, 6.45) is 0.720. The Morgan fingerprint density at radius 2 is 1.87 bits per heavy atom. The number of carbonyl (C=O) groups excluding carboxylic acids is 2. The van der Waals surface area contributed by atoms with Crippen LogP contribution in [0.1, 0.15) is 36.0 Å². The lowest BCUT2D eigenvalue weighted by Gasteiger charge is -2.39. The summed E-state index contributed by atoms with van der Waals surface area (Å²) in [7, 11) is 1.52. The second-order valence-corrected chi connectivity index (χ2v) is 9.38. The van der Waals surface area contributed by atoms with E-state index in [1.807, 2.05) is 18.2 Å². The van der Waals surface area contributed by atoms with E-state index in [0.29, 0.717) is 42.1 Å². The summed E-state index contributed by atoms with van der Waals surface area (Å²) in [5.74, 6) is -0.249. The maximum absolute atomic E-state index is 15.0. The van der Waals surface area contributed by atoms with Gasteiger partial charge in [-0.2, -0.15) is 5.26 Å². The van der Waals surface area contributed by atoms with Gasteiger partial charge in [0, 0.05) is 55.7 Å². The number of nitrogens with one attached hydrogen (secondary N) is 2. The second-order valence-electron chi connectivity index (χ2n) is 9.38. The van der Waals surface area contributed by atoms with Crippen LogP contribution in [0.3, 0.4) is 0 Å². The van der Waals surface area contributed by atoms with E-state index in [-0.39, 0.29) is 30.3 Å². The van der Waals surface area contributed by atoms with Gasteiger partial charge in [0.2, 0.25) is 11.8 Å². The van der Waals surface area contributed by atoms with Crippen molar-refractivity contribution in [1.29, 1.82) is 5.26 Å². The molecule has 0 aliphatic carbocycles. The Morgan fingerprint density at radius 1 is 1.13 bits per heavy atom. The number of methoxy groups -OCH3 is 1. The molecule has 38 heavy (non-hydrogen) atoms. The molecule has 0 saturated carbocycles. The molecule has 1 aliphatic rings. The first-order valence-corrected chi connectivity index (χ1v) is 12.6. The third-order valence-electron chi connectivity index (χ3n) is 6.93. The number of halogens is 1. The van der Waals surface area contributed by atoms with Crippen molar-refractivity contribution in [3.05, 3.63) is 89.2 Å². The summed E-state index contributed by atoms with van der Waals surface area (Å²) < 4.78 is 20.5. The van der Waals surface area contributed by atoms with Crippen molar-refractivity contribution in [1.82, 2.24) is 15.5 Å². The molecular formula is C30H31FN4O3. The highest BCUT2D eigenvalue weighted by molar-refractivity contribution is 5.83. The summed E-state index contributed by atoms with van der Waals surface area (Å²) in [6.45, 7) is 2.92. The third-order valence-corrected chi connectivity index (χ3v) is 6.93. The Morgan fingerprint density at radius 3 is 2.53 bits per heavy atom. The van der Waals surface area contributed by atoms with Crippen molar-refractivity contribution in [2.75, 3.05) is 26.7 Å². The van der Waals surface area contributed by atoms with E-state index in [4.69, 9.17) is 10.00 Å². The molecular weight excluding hydrogens is 483 g/mol. The smallest absolute Gasteiger partial charge is 0.241 e. The minimum atomic E-state index is -0.400. The largest absolute Gasteiger partial charge is 0.496 e. The average Bonchev–Trinajstić information content (AvgIpc) is 2.95. The molecule has 0 spiro atoms. The highest BCUT2D eigenvalue weighted by atomic mass is 19.1. The van der Waals surface area contributed by atoms with Gasteiger partial charge in [0.15, 0.2) is 0 Å². The van der Waals surface area contributed by atoms with Gasteiger partial charge < -0.3 is 20.3 Å². The number of likely N-dealkylation sites (tertiary alicyclic amines) is 1. The van der Waals surface area contributed by atoms with E-state index in [2.05, 4.69) is 28.8 Å². The molecule has 1 saturated heterocycles. The predicted molar refractivity (Wildman–Crippen MR) is 143 cm³/mol. The van der Waals surface area contributed by atoms with Gasteiger partial charge in [-0.05, 0) is 35.7 Å². The monoisotopic (exact) mass is 514 g/mol. The quantitative estimate of drug-likeness (QED) is 0.474. The number of ether oxygens (including phenoxy) is 1. The van der Waals surface area contributed by atoms with Crippen LogP contribution in [0.4, 0.5) is 4.39 Å². The second kappa shape index (κ2) is 12.3. The normalized spacial score (nSPS) is 16.9. The molecule has 7 nitrogen and oxygen atoms in total. The Balaban J connectivity index is 1.54. The minimum absolute atomic E-state index is 0.0140. The molecule has 2 atom stereocenters. The topological polar surface area (TPSA) is 94.5 Å². The first kappa shape index (κ1) is 26.8. The van der Waals surface area contributed by atoms with E-state index in [0.717, 1.165) is 17.5 Å². The zero-order chi connectivity index (χ0) is 27.1. The zero-order valence-electron chi connectivity index (χ0n) is 21.5. The lowest BCUT2D eigenvalue weighted by atomic mass is 9.85. The van der Waals surface area contributed by atoms with Crippen LogP contribution in [-0.4, -0.2) is 49.5 Å². The molecule has 0 aromatic heterocycles. The van der Waals surface area contributed by atoms with E-state index < -0.39 is 5.82 Å². The first-order valence-electron chi connectivity index (χ1n) is 12.6. The predicted octanol–water partition coefficient (Wildman–Crippen LogP) is 3.98. The van der Waals surface area contributed by atoms with Crippen molar-refractivity contribution in [3.63, 3.8) is 0 Å². The first-order chi connectivity index (χ1) is 18.4. The molecule has 1 heterocycles. The molecule has 1 fully saturated rings. The molecule has 0 unspecified atom stereocenters. The number of benzene rings is 3. The highest BCUT2D eigenvalue weighted by Crippen LogP contribution is 2.32. The van der Waals surface area contributed by atoms with Gasteiger partial charge in [-0.1, -0.05) is 42.5 Å². The van der Waals surface area contributed by atoms with Crippen LogP contribution in [0, 0.1) is 17.1 Å². The number of piperidine rings is 1. The molecule has 4 rings (SSSR count). The molecule has 8 heteroatoms. The standard InChI is InChI=1S/C30H31FN4O3/c1-20(36)33-18-30(37)35-13-12-28(26(19-35)22-6-4-3-5-7-22)34-17-24-14-25(27(31)15-29(24)38-2)23-10-8-21(16-32)9-11-23/h3-11,14-15,26,28,34H,12-13,17-19H2,1-2H3,(H,33,36)/t26-,28-/m0/s1. The number of nitriles is 1. The fourth-order valence-corrected chi connectivity index (χ4v) is 4.89.